The Kier molecular flexibility index (Phi) is 5.72. The van der Waals surface area contributed by atoms with Gasteiger partial charge in [-0.15, -0.1) is 0 Å². The van der Waals surface area contributed by atoms with Gasteiger partial charge in [-0.25, -0.2) is 14.7 Å². The lowest BCUT2D eigenvalue weighted by Gasteiger charge is -2.37. The molecule has 0 spiro atoms. The van der Waals surface area contributed by atoms with Crippen LogP contribution in [0.3, 0.4) is 0 Å². The van der Waals surface area contributed by atoms with Crippen LogP contribution in [0.5, 0.6) is 11.5 Å². The van der Waals surface area contributed by atoms with Crippen LogP contribution in [0, 0.1) is 0 Å². The standard InChI is InChI=1S/C18H23NO6/c1-18(2,3)25-19-9-5-6-15(14(19)11-20)24-12-7-8-13(17(21)22)16(10-12)23-4/h7-8,10,15H,5-6,9H2,1-4H3,(H,21,22). The largest absolute Gasteiger partial charge is 0.496 e. The number of benzene rings is 1. The fourth-order valence-electron chi connectivity index (χ4n) is 2.58. The van der Waals surface area contributed by atoms with E-state index in [1.54, 1.807) is 0 Å². The van der Waals surface area contributed by atoms with Crippen LogP contribution < -0.4 is 9.47 Å². The van der Waals surface area contributed by atoms with Crippen molar-refractivity contribution < 1.29 is 29.0 Å². The van der Waals surface area contributed by atoms with Crippen LogP contribution in [0.25, 0.3) is 0 Å². The van der Waals surface area contributed by atoms with Gasteiger partial charge in [0.1, 0.15) is 17.1 Å². The second-order valence-corrected chi connectivity index (χ2v) is 6.71. The molecule has 1 atom stereocenters. The Hall–Kier alpha value is -2.50. The quantitative estimate of drug-likeness (QED) is 0.818. The molecule has 136 valence electrons. The number of rotatable bonds is 5. The smallest absolute Gasteiger partial charge is 0.339 e. The van der Waals surface area contributed by atoms with Gasteiger partial charge < -0.3 is 14.6 Å². The van der Waals surface area contributed by atoms with Crippen LogP contribution in [0.15, 0.2) is 23.9 Å². The number of piperidine rings is 1. The maximum absolute atomic E-state index is 11.5. The van der Waals surface area contributed by atoms with Gasteiger partial charge in [0.05, 0.1) is 12.7 Å². The predicted octanol–water partition coefficient (Wildman–Crippen LogP) is 2.68. The molecular formula is C18H23NO6. The number of hydroxylamine groups is 2. The number of carboxylic acids is 1. The zero-order chi connectivity index (χ0) is 18.6. The number of aromatic carboxylic acids is 1. The topological polar surface area (TPSA) is 85.3 Å². The third-order valence-corrected chi connectivity index (χ3v) is 3.57. The number of carboxylic acid groups (broad SMARTS) is 1. The van der Waals surface area contributed by atoms with E-state index in [2.05, 4.69) is 0 Å². The van der Waals surface area contributed by atoms with Gasteiger partial charge in [-0.1, -0.05) is 0 Å². The Labute approximate surface area is 146 Å². The van der Waals surface area contributed by atoms with E-state index < -0.39 is 17.7 Å². The molecule has 1 aromatic carbocycles. The predicted molar refractivity (Wildman–Crippen MR) is 90.4 cm³/mol. The minimum absolute atomic E-state index is 0.0438. The number of carbonyl (C=O) groups is 1. The first-order valence-electron chi connectivity index (χ1n) is 8.05. The zero-order valence-corrected chi connectivity index (χ0v) is 14.9. The van der Waals surface area contributed by atoms with E-state index >= 15 is 0 Å². The van der Waals surface area contributed by atoms with Crippen LogP contribution in [0.1, 0.15) is 44.0 Å². The Balaban J connectivity index is 2.21. The van der Waals surface area contributed by atoms with Crippen molar-refractivity contribution in [2.45, 2.75) is 45.3 Å². The molecular weight excluding hydrogens is 326 g/mol. The first kappa shape index (κ1) is 18.8. The monoisotopic (exact) mass is 349 g/mol. The molecule has 0 aromatic heterocycles. The van der Waals surface area contributed by atoms with Crippen molar-refractivity contribution in [2.75, 3.05) is 13.7 Å². The number of nitrogens with zero attached hydrogens (tertiary/aromatic N) is 1. The van der Waals surface area contributed by atoms with Gasteiger partial charge in [0.15, 0.2) is 17.7 Å². The number of ether oxygens (including phenoxy) is 2. The molecule has 7 nitrogen and oxygen atoms in total. The van der Waals surface area contributed by atoms with Crippen molar-refractivity contribution in [3.05, 3.63) is 29.5 Å². The zero-order valence-electron chi connectivity index (χ0n) is 14.9. The molecule has 1 heterocycles. The van der Waals surface area contributed by atoms with Gasteiger partial charge in [-0.2, -0.15) is 0 Å². The molecule has 1 aliphatic rings. The molecule has 1 aromatic rings. The van der Waals surface area contributed by atoms with Gasteiger partial charge in [-0.05, 0) is 45.7 Å². The van der Waals surface area contributed by atoms with Crippen LogP contribution >= 0.6 is 0 Å². The van der Waals surface area contributed by atoms with Crippen LogP contribution in [-0.2, 0) is 9.63 Å². The summed E-state index contributed by atoms with van der Waals surface area (Å²) in [6.45, 7) is 6.28. The molecule has 2 rings (SSSR count). The van der Waals surface area contributed by atoms with Gasteiger partial charge >= 0.3 is 5.97 Å². The van der Waals surface area contributed by atoms with E-state index in [0.29, 0.717) is 24.4 Å². The SMILES string of the molecule is COc1cc(OC2CCCN(OC(C)(C)C)C2=C=O)ccc1C(=O)O. The molecule has 0 saturated carbocycles. The minimum Gasteiger partial charge on any atom is -0.496 e. The Morgan fingerprint density at radius 2 is 2.08 bits per heavy atom. The fraction of sp³-hybridized carbons (Fsp3) is 0.500. The van der Waals surface area contributed by atoms with Crippen LogP contribution in [0.2, 0.25) is 0 Å². The van der Waals surface area contributed by atoms with Crippen molar-refractivity contribution in [2.24, 2.45) is 0 Å². The second kappa shape index (κ2) is 7.59. The summed E-state index contributed by atoms with van der Waals surface area (Å²) >= 11 is 0. The van der Waals surface area contributed by atoms with E-state index in [4.69, 9.17) is 19.4 Å². The summed E-state index contributed by atoms with van der Waals surface area (Å²) in [5.74, 6) is 1.45. The molecule has 1 saturated heterocycles. The number of methoxy groups -OCH3 is 1. The number of hydrogen-bond acceptors (Lipinski definition) is 6. The van der Waals surface area contributed by atoms with Crippen molar-refractivity contribution >= 4 is 11.9 Å². The van der Waals surface area contributed by atoms with E-state index in [-0.39, 0.29) is 11.3 Å². The first-order valence-corrected chi connectivity index (χ1v) is 8.05. The summed E-state index contributed by atoms with van der Waals surface area (Å²) in [4.78, 5) is 28.4. The normalized spacial score (nSPS) is 17.8. The Morgan fingerprint density at radius 1 is 1.36 bits per heavy atom. The molecule has 25 heavy (non-hydrogen) atoms. The molecule has 1 N–H and O–H groups in total. The maximum Gasteiger partial charge on any atom is 0.339 e. The van der Waals surface area contributed by atoms with E-state index in [1.165, 1.54) is 30.4 Å². The summed E-state index contributed by atoms with van der Waals surface area (Å²) in [5, 5.41) is 10.7. The Bertz CT molecular complexity index is 687. The maximum atomic E-state index is 11.5. The summed E-state index contributed by atoms with van der Waals surface area (Å²) < 4.78 is 11.0. The van der Waals surface area contributed by atoms with E-state index in [9.17, 15) is 9.59 Å². The minimum atomic E-state index is -1.08. The van der Waals surface area contributed by atoms with Crippen molar-refractivity contribution in [3.63, 3.8) is 0 Å². The number of carbonyl (C=O) groups excluding carboxylic acids is 1. The lowest BCUT2D eigenvalue weighted by atomic mass is 10.1. The molecule has 0 aliphatic carbocycles. The molecule has 1 unspecified atom stereocenters. The summed E-state index contributed by atoms with van der Waals surface area (Å²) in [5.41, 5.74) is -0.110. The highest BCUT2D eigenvalue weighted by Gasteiger charge is 2.31. The molecule has 1 fully saturated rings. The Morgan fingerprint density at radius 3 is 2.64 bits per heavy atom. The molecule has 1 aliphatic heterocycles. The van der Waals surface area contributed by atoms with Gasteiger partial charge in [0.25, 0.3) is 0 Å². The lowest BCUT2D eigenvalue weighted by Crippen LogP contribution is -2.43. The van der Waals surface area contributed by atoms with Gasteiger partial charge in [-0.3, -0.25) is 4.84 Å². The van der Waals surface area contributed by atoms with E-state index in [0.717, 1.165) is 6.42 Å². The molecule has 0 radical (unpaired) electrons. The molecule has 7 heteroatoms. The highest BCUT2D eigenvalue weighted by molar-refractivity contribution is 5.91. The third-order valence-electron chi connectivity index (χ3n) is 3.57. The third kappa shape index (κ3) is 4.75. The number of hydrogen-bond donors (Lipinski definition) is 1. The molecule has 0 bridgehead atoms. The lowest BCUT2D eigenvalue weighted by molar-refractivity contribution is -0.219. The summed E-state index contributed by atoms with van der Waals surface area (Å²) in [7, 11) is 1.39. The fourth-order valence-corrected chi connectivity index (χ4v) is 2.58. The van der Waals surface area contributed by atoms with Crippen molar-refractivity contribution in [1.29, 1.82) is 0 Å². The summed E-state index contributed by atoms with van der Waals surface area (Å²) in [6, 6.07) is 4.44. The highest BCUT2D eigenvalue weighted by atomic mass is 16.7. The average molecular weight is 349 g/mol. The van der Waals surface area contributed by atoms with Crippen LogP contribution in [0.4, 0.5) is 0 Å². The molecule has 0 amide bonds. The van der Waals surface area contributed by atoms with E-state index in [1.807, 2.05) is 26.7 Å². The first-order chi connectivity index (χ1) is 11.7. The average Bonchev–Trinajstić information content (AvgIpc) is 2.53. The second-order valence-electron chi connectivity index (χ2n) is 6.71. The van der Waals surface area contributed by atoms with Crippen LogP contribution in [-0.4, -0.2) is 47.4 Å². The van der Waals surface area contributed by atoms with Gasteiger partial charge in [0, 0.05) is 12.6 Å². The van der Waals surface area contributed by atoms with Gasteiger partial charge in [0.2, 0.25) is 0 Å². The summed E-state index contributed by atoms with van der Waals surface area (Å²) in [6.07, 6.45) is 0.905. The van der Waals surface area contributed by atoms with Crippen molar-refractivity contribution in [3.8, 4) is 11.5 Å². The highest BCUT2D eigenvalue weighted by Crippen LogP contribution is 2.30. The van der Waals surface area contributed by atoms with Crippen molar-refractivity contribution in [1.82, 2.24) is 5.06 Å².